The Bertz CT molecular complexity index is 214. The highest BCUT2D eigenvalue weighted by Crippen LogP contribution is 2.29. The van der Waals surface area contributed by atoms with Crippen molar-refractivity contribution in [2.45, 2.75) is 38.8 Å². The SMILES string of the molecule is CC(C)N1CC[C@](C)(N2CCOCC2)C1. The van der Waals surface area contributed by atoms with Gasteiger partial charge in [0.1, 0.15) is 0 Å². The molecular formula is C12H24N2O. The van der Waals surface area contributed by atoms with Gasteiger partial charge in [0, 0.05) is 37.8 Å². The van der Waals surface area contributed by atoms with E-state index in [-0.39, 0.29) is 0 Å². The van der Waals surface area contributed by atoms with Crippen LogP contribution in [0.25, 0.3) is 0 Å². The summed E-state index contributed by atoms with van der Waals surface area (Å²) in [6, 6.07) is 0.688. The smallest absolute Gasteiger partial charge is 0.0594 e. The van der Waals surface area contributed by atoms with Gasteiger partial charge in [-0.05, 0) is 27.2 Å². The minimum atomic E-state index is 0.397. The lowest BCUT2D eigenvalue weighted by atomic mass is 9.98. The molecular weight excluding hydrogens is 188 g/mol. The van der Waals surface area contributed by atoms with E-state index >= 15 is 0 Å². The summed E-state index contributed by atoms with van der Waals surface area (Å²) >= 11 is 0. The second-order valence-corrected chi connectivity index (χ2v) is 5.41. The highest BCUT2D eigenvalue weighted by atomic mass is 16.5. The molecule has 0 spiro atoms. The maximum Gasteiger partial charge on any atom is 0.0594 e. The monoisotopic (exact) mass is 212 g/mol. The molecule has 2 rings (SSSR count). The van der Waals surface area contributed by atoms with Gasteiger partial charge in [0.15, 0.2) is 0 Å². The fourth-order valence-corrected chi connectivity index (χ4v) is 2.78. The third kappa shape index (κ3) is 2.35. The maximum atomic E-state index is 5.42. The molecule has 3 nitrogen and oxygen atoms in total. The fraction of sp³-hybridized carbons (Fsp3) is 1.00. The number of ether oxygens (including phenoxy) is 1. The molecule has 0 aromatic carbocycles. The standard InChI is InChI=1S/C12H24N2O/c1-11(2)13-5-4-12(3,10-13)14-6-8-15-9-7-14/h11H,4-10H2,1-3H3/t12-/m0/s1. The summed E-state index contributed by atoms with van der Waals surface area (Å²) in [5.41, 5.74) is 0.397. The third-order valence-corrected chi connectivity index (χ3v) is 3.99. The molecule has 0 N–H and O–H groups in total. The summed E-state index contributed by atoms with van der Waals surface area (Å²) in [7, 11) is 0. The Kier molecular flexibility index (Phi) is 3.33. The average Bonchev–Trinajstić information content (AvgIpc) is 2.64. The van der Waals surface area contributed by atoms with Gasteiger partial charge in [0.05, 0.1) is 13.2 Å². The van der Waals surface area contributed by atoms with Gasteiger partial charge in [-0.15, -0.1) is 0 Å². The van der Waals surface area contributed by atoms with E-state index in [0.717, 1.165) is 26.3 Å². The number of nitrogens with zero attached hydrogens (tertiary/aromatic N) is 2. The Balaban J connectivity index is 1.95. The van der Waals surface area contributed by atoms with Crippen LogP contribution in [0.2, 0.25) is 0 Å². The minimum absolute atomic E-state index is 0.397. The van der Waals surface area contributed by atoms with E-state index < -0.39 is 0 Å². The van der Waals surface area contributed by atoms with Crippen LogP contribution in [0, 0.1) is 0 Å². The molecule has 0 aromatic rings. The van der Waals surface area contributed by atoms with Gasteiger partial charge in [-0.1, -0.05) is 0 Å². The normalized spacial score (nSPS) is 35.2. The zero-order valence-corrected chi connectivity index (χ0v) is 10.3. The van der Waals surface area contributed by atoms with Crippen LogP contribution in [-0.4, -0.2) is 60.8 Å². The largest absolute Gasteiger partial charge is 0.379 e. The van der Waals surface area contributed by atoms with E-state index in [1.165, 1.54) is 19.5 Å². The molecule has 0 aliphatic carbocycles. The molecule has 0 saturated carbocycles. The molecule has 0 aromatic heterocycles. The molecule has 2 heterocycles. The first-order chi connectivity index (χ1) is 7.12. The number of rotatable bonds is 2. The lowest BCUT2D eigenvalue weighted by Gasteiger charge is -2.41. The summed E-state index contributed by atoms with van der Waals surface area (Å²) in [5.74, 6) is 0. The molecule has 0 unspecified atom stereocenters. The van der Waals surface area contributed by atoms with Crippen molar-refractivity contribution in [2.24, 2.45) is 0 Å². The van der Waals surface area contributed by atoms with Crippen molar-refractivity contribution in [3.63, 3.8) is 0 Å². The molecule has 2 aliphatic rings. The molecule has 2 saturated heterocycles. The van der Waals surface area contributed by atoms with Gasteiger partial charge >= 0.3 is 0 Å². The van der Waals surface area contributed by atoms with Crippen molar-refractivity contribution in [2.75, 3.05) is 39.4 Å². The van der Waals surface area contributed by atoms with Gasteiger partial charge in [0.25, 0.3) is 0 Å². The fourth-order valence-electron chi connectivity index (χ4n) is 2.78. The summed E-state index contributed by atoms with van der Waals surface area (Å²) < 4.78 is 5.42. The molecule has 2 fully saturated rings. The van der Waals surface area contributed by atoms with E-state index in [1.54, 1.807) is 0 Å². The molecule has 0 radical (unpaired) electrons. The number of hydrogen-bond acceptors (Lipinski definition) is 3. The van der Waals surface area contributed by atoms with Crippen LogP contribution in [0.5, 0.6) is 0 Å². The summed E-state index contributed by atoms with van der Waals surface area (Å²) in [6.45, 7) is 13.5. The van der Waals surface area contributed by atoms with Crippen LogP contribution in [-0.2, 0) is 4.74 Å². The Hall–Kier alpha value is -0.120. The van der Waals surface area contributed by atoms with E-state index in [2.05, 4.69) is 30.6 Å². The van der Waals surface area contributed by atoms with Gasteiger partial charge in [-0.25, -0.2) is 0 Å². The number of morpholine rings is 1. The van der Waals surface area contributed by atoms with Gasteiger partial charge in [-0.3, -0.25) is 9.80 Å². The summed E-state index contributed by atoms with van der Waals surface area (Å²) in [6.07, 6.45) is 1.31. The van der Waals surface area contributed by atoms with E-state index in [9.17, 15) is 0 Å². The lowest BCUT2D eigenvalue weighted by molar-refractivity contribution is -0.0136. The number of likely N-dealkylation sites (tertiary alicyclic amines) is 1. The Morgan fingerprint density at radius 1 is 1.13 bits per heavy atom. The quantitative estimate of drug-likeness (QED) is 0.684. The van der Waals surface area contributed by atoms with Crippen LogP contribution in [0.4, 0.5) is 0 Å². The van der Waals surface area contributed by atoms with E-state index in [0.29, 0.717) is 11.6 Å². The number of hydrogen-bond donors (Lipinski definition) is 0. The van der Waals surface area contributed by atoms with E-state index in [4.69, 9.17) is 4.74 Å². The van der Waals surface area contributed by atoms with Gasteiger partial charge in [-0.2, -0.15) is 0 Å². The van der Waals surface area contributed by atoms with E-state index in [1.807, 2.05) is 0 Å². The zero-order valence-electron chi connectivity index (χ0n) is 10.3. The highest BCUT2D eigenvalue weighted by molar-refractivity contribution is 4.96. The second-order valence-electron chi connectivity index (χ2n) is 5.41. The molecule has 15 heavy (non-hydrogen) atoms. The lowest BCUT2D eigenvalue weighted by Crippen LogP contribution is -2.53. The molecule has 1 atom stereocenters. The second kappa shape index (κ2) is 4.40. The van der Waals surface area contributed by atoms with Crippen LogP contribution in [0.15, 0.2) is 0 Å². The first kappa shape index (κ1) is 11.4. The zero-order chi connectivity index (χ0) is 10.9. The van der Waals surface area contributed by atoms with Crippen LogP contribution in [0.3, 0.4) is 0 Å². The topological polar surface area (TPSA) is 15.7 Å². The minimum Gasteiger partial charge on any atom is -0.379 e. The maximum absolute atomic E-state index is 5.42. The molecule has 0 amide bonds. The van der Waals surface area contributed by atoms with Crippen LogP contribution < -0.4 is 0 Å². The Morgan fingerprint density at radius 2 is 1.80 bits per heavy atom. The van der Waals surface area contributed by atoms with Crippen molar-refractivity contribution in [3.05, 3.63) is 0 Å². The summed E-state index contributed by atoms with van der Waals surface area (Å²) in [4.78, 5) is 5.22. The van der Waals surface area contributed by atoms with Crippen molar-refractivity contribution >= 4 is 0 Å². The molecule has 0 bridgehead atoms. The van der Waals surface area contributed by atoms with Gasteiger partial charge in [0.2, 0.25) is 0 Å². The predicted octanol–water partition coefficient (Wildman–Crippen LogP) is 1.19. The molecule has 3 heteroatoms. The van der Waals surface area contributed by atoms with Crippen molar-refractivity contribution in [1.82, 2.24) is 9.80 Å². The predicted molar refractivity (Wildman–Crippen MR) is 62.1 cm³/mol. The Morgan fingerprint density at radius 3 is 2.33 bits per heavy atom. The van der Waals surface area contributed by atoms with Crippen LogP contribution >= 0.6 is 0 Å². The van der Waals surface area contributed by atoms with Crippen molar-refractivity contribution < 1.29 is 4.74 Å². The first-order valence-corrected chi connectivity index (χ1v) is 6.19. The highest BCUT2D eigenvalue weighted by Gasteiger charge is 2.39. The third-order valence-electron chi connectivity index (χ3n) is 3.99. The van der Waals surface area contributed by atoms with Crippen molar-refractivity contribution in [3.8, 4) is 0 Å². The average molecular weight is 212 g/mol. The van der Waals surface area contributed by atoms with Crippen LogP contribution in [0.1, 0.15) is 27.2 Å². The van der Waals surface area contributed by atoms with Gasteiger partial charge < -0.3 is 4.74 Å². The molecule has 2 aliphatic heterocycles. The molecule has 88 valence electrons. The van der Waals surface area contributed by atoms with Crippen molar-refractivity contribution in [1.29, 1.82) is 0 Å². The Labute approximate surface area is 93.4 Å². The summed E-state index contributed by atoms with van der Waals surface area (Å²) in [5, 5.41) is 0. The first-order valence-electron chi connectivity index (χ1n) is 6.19.